The molecule has 40 heavy (non-hydrogen) atoms. The summed E-state index contributed by atoms with van der Waals surface area (Å²) >= 11 is 0. The smallest absolute Gasteiger partial charge is 0.407 e. The topological polar surface area (TPSA) is 109 Å². The first-order chi connectivity index (χ1) is 19.5. The van der Waals surface area contributed by atoms with Crippen LogP contribution in [0.1, 0.15) is 48.1 Å². The van der Waals surface area contributed by atoms with Gasteiger partial charge in [-0.25, -0.2) is 4.79 Å². The number of fused-ring (bicyclic) bond motifs is 2. The first kappa shape index (κ1) is 26.8. The number of aromatic nitrogens is 2. The molecule has 6 rings (SSSR count). The molecule has 1 aromatic heterocycles. The molecule has 1 amide bonds. The Bertz CT molecular complexity index is 1280. The predicted molar refractivity (Wildman–Crippen MR) is 151 cm³/mol. The van der Waals surface area contributed by atoms with E-state index in [1.165, 1.54) is 22.4 Å². The van der Waals surface area contributed by atoms with E-state index < -0.39 is 6.09 Å². The van der Waals surface area contributed by atoms with Crippen molar-refractivity contribution in [2.45, 2.75) is 69.6 Å². The van der Waals surface area contributed by atoms with Gasteiger partial charge in [0.2, 0.25) is 0 Å². The van der Waals surface area contributed by atoms with Crippen LogP contribution in [-0.4, -0.2) is 100 Å². The highest BCUT2D eigenvalue weighted by molar-refractivity contribution is 5.66. The van der Waals surface area contributed by atoms with Crippen molar-refractivity contribution in [2.75, 3.05) is 51.3 Å². The lowest BCUT2D eigenvalue weighted by Crippen LogP contribution is -2.55. The van der Waals surface area contributed by atoms with Crippen molar-refractivity contribution in [2.24, 2.45) is 0 Å². The number of nitriles is 1. The van der Waals surface area contributed by atoms with E-state index in [9.17, 15) is 15.2 Å². The lowest BCUT2D eigenvalue weighted by molar-refractivity contribution is 0.118. The Morgan fingerprint density at radius 2 is 1.95 bits per heavy atom. The maximum atomic E-state index is 11.8. The summed E-state index contributed by atoms with van der Waals surface area (Å²) in [5, 5.41) is 19.1. The van der Waals surface area contributed by atoms with Crippen molar-refractivity contribution in [3.8, 4) is 12.1 Å². The second-order valence-corrected chi connectivity index (χ2v) is 11.7. The van der Waals surface area contributed by atoms with Crippen molar-refractivity contribution in [3.05, 3.63) is 46.6 Å². The number of likely N-dealkylation sites (N-methyl/N-ethyl adjacent to an activating group) is 1. The molecule has 1 unspecified atom stereocenters. The van der Waals surface area contributed by atoms with Gasteiger partial charge in [0, 0.05) is 56.8 Å². The molecule has 1 aliphatic carbocycles. The molecule has 10 heteroatoms. The van der Waals surface area contributed by atoms with Gasteiger partial charge in [-0.2, -0.15) is 15.2 Å². The molecule has 0 spiro atoms. The van der Waals surface area contributed by atoms with Crippen LogP contribution in [0.2, 0.25) is 0 Å². The van der Waals surface area contributed by atoms with E-state index in [2.05, 4.69) is 52.1 Å². The molecule has 4 heterocycles. The van der Waals surface area contributed by atoms with Crippen LogP contribution in [0.4, 0.5) is 10.6 Å². The number of amides is 1. The third-order valence-corrected chi connectivity index (χ3v) is 9.31. The maximum absolute atomic E-state index is 11.8. The van der Waals surface area contributed by atoms with Gasteiger partial charge < -0.3 is 24.5 Å². The fourth-order valence-corrected chi connectivity index (χ4v) is 6.96. The van der Waals surface area contributed by atoms with Crippen molar-refractivity contribution < 1.29 is 14.6 Å². The van der Waals surface area contributed by atoms with Gasteiger partial charge in [0.1, 0.15) is 12.4 Å². The summed E-state index contributed by atoms with van der Waals surface area (Å²) in [4.78, 5) is 30.2. The predicted octanol–water partition coefficient (Wildman–Crippen LogP) is 2.95. The largest absolute Gasteiger partial charge is 0.465 e. The van der Waals surface area contributed by atoms with E-state index in [0.717, 1.165) is 68.8 Å². The minimum absolute atomic E-state index is 0.159. The summed E-state index contributed by atoms with van der Waals surface area (Å²) in [6.07, 6.45) is 5.31. The van der Waals surface area contributed by atoms with Crippen molar-refractivity contribution in [1.82, 2.24) is 24.7 Å². The number of rotatable bonds is 6. The van der Waals surface area contributed by atoms with E-state index in [-0.39, 0.29) is 12.5 Å². The number of ether oxygens (including phenoxy) is 1. The summed E-state index contributed by atoms with van der Waals surface area (Å²) in [5.74, 6) is 0.857. The molecule has 2 saturated heterocycles. The molecule has 3 aliphatic heterocycles. The first-order valence-electron chi connectivity index (χ1n) is 14.6. The zero-order valence-electron chi connectivity index (χ0n) is 23.3. The molecular weight excluding hydrogens is 506 g/mol. The molecular formula is C30H39N7O3. The van der Waals surface area contributed by atoms with Crippen LogP contribution >= 0.6 is 0 Å². The standard InChI is InChI=1S/C30H39N7O3/c1-34-13-4-7-25(34)20-40-29-32-27-17-23(35-14-11-21-5-2-3-6-22(21)18-35)8-9-26(27)28(33-29)36-15-16-37(30(38)39)24(19-36)10-12-31/h2-3,5-6,23-25H,4,7-11,13-20H2,1H3,(H,38,39)/t23?,24-,25-/m0/s1. The molecule has 3 atom stereocenters. The number of nitrogens with zero attached hydrogens (tertiary/aromatic N) is 7. The molecule has 4 aliphatic rings. The van der Waals surface area contributed by atoms with Gasteiger partial charge >= 0.3 is 12.1 Å². The maximum Gasteiger partial charge on any atom is 0.407 e. The highest BCUT2D eigenvalue weighted by Crippen LogP contribution is 2.34. The number of benzene rings is 1. The fourth-order valence-electron chi connectivity index (χ4n) is 6.96. The molecule has 212 valence electrons. The third kappa shape index (κ3) is 5.45. The van der Waals surface area contributed by atoms with E-state index in [1.807, 2.05) is 0 Å². The van der Waals surface area contributed by atoms with Gasteiger partial charge in [0.15, 0.2) is 0 Å². The fraction of sp³-hybridized carbons (Fsp3) is 0.600. The molecule has 0 bridgehead atoms. The average Bonchev–Trinajstić information content (AvgIpc) is 3.39. The normalized spacial score (nSPS) is 25.2. The Morgan fingerprint density at radius 1 is 1.10 bits per heavy atom. The number of anilines is 1. The van der Waals surface area contributed by atoms with Gasteiger partial charge in [-0.3, -0.25) is 4.90 Å². The lowest BCUT2D eigenvalue weighted by Gasteiger charge is -2.42. The quantitative estimate of drug-likeness (QED) is 0.586. The number of carbonyl (C=O) groups is 1. The second-order valence-electron chi connectivity index (χ2n) is 11.7. The van der Waals surface area contributed by atoms with Crippen LogP contribution in [0.3, 0.4) is 0 Å². The minimum atomic E-state index is -0.972. The van der Waals surface area contributed by atoms with Crippen LogP contribution in [0.25, 0.3) is 0 Å². The number of piperazine rings is 1. The average molecular weight is 546 g/mol. The molecule has 1 N–H and O–H groups in total. The molecule has 1 aromatic carbocycles. The Labute approximate surface area is 236 Å². The summed E-state index contributed by atoms with van der Waals surface area (Å²) in [5.41, 5.74) is 5.08. The molecule has 2 aromatic rings. The van der Waals surface area contributed by atoms with Gasteiger partial charge in [0.05, 0.1) is 24.2 Å². The Hall–Kier alpha value is -3.42. The van der Waals surface area contributed by atoms with Gasteiger partial charge in [-0.1, -0.05) is 24.3 Å². The van der Waals surface area contributed by atoms with Crippen molar-refractivity contribution >= 4 is 11.9 Å². The Kier molecular flexibility index (Phi) is 7.76. The highest BCUT2D eigenvalue weighted by Gasteiger charge is 2.35. The number of hydrogen-bond donors (Lipinski definition) is 1. The van der Waals surface area contributed by atoms with Crippen molar-refractivity contribution in [3.63, 3.8) is 0 Å². The molecule has 10 nitrogen and oxygen atoms in total. The highest BCUT2D eigenvalue weighted by atomic mass is 16.5. The molecule has 0 radical (unpaired) electrons. The Balaban J connectivity index is 1.26. The molecule has 0 saturated carbocycles. The Morgan fingerprint density at radius 3 is 2.73 bits per heavy atom. The van der Waals surface area contributed by atoms with E-state index in [0.29, 0.717) is 44.3 Å². The summed E-state index contributed by atoms with van der Waals surface area (Å²) < 4.78 is 6.26. The lowest BCUT2D eigenvalue weighted by atomic mass is 9.88. The third-order valence-electron chi connectivity index (χ3n) is 9.31. The van der Waals surface area contributed by atoms with Crippen LogP contribution in [0.5, 0.6) is 6.01 Å². The number of carboxylic acid groups (broad SMARTS) is 1. The zero-order chi connectivity index (χ0) is 27.6. The van der Waals surface area contributed by atoms with Crippen LogP contribution in [0.15, 0.2) is 24.3 Å². The molecule has 2 fully saturated rings. The van der Waals surface area contributed by atoms with Crippen molar-refractivity contribution in [1.29, 1.82) is 5.26 Å². The van der Waals surface area contributed by atoms with Gasteiger partial charge in [-0.05, 0) is 56.8 Å². The second kappa shape index (κ2) is 11.6. The first-order valence-corrected chi connectivity index (χ1v) is 14.6. The number of likely N-dealkylation sites (tertiary alicyclic amines) is 1. The van der Waals surface area contributed by atoms with E-state index >= 15 is 0 Å². The summed E-state index contributed by atoms with van der Waals surface area (Å²) in [6.45, 7) is 5.00. The van der Waals surface area contributed by atoms with Gasteiger partial charge in [0.25, 0.3) is 0 Å². The van der Waals surface area contributed by atoms with E-state index in [1.54, 1.807) is 0 Å². The van der Waals surface area contributed by atoms with Crippen LogP contribution < -0.4 is 9.64 Å². The summed E-state index contributed by atoms with van der Waals surface area (Å²) in [7, 11) is 2.14. The van der Waals surface area contributed by atoms with Crippen LogP contribution in [-0.2, 0) is 25.8 Å². The van der Waals surface area contributed by atoms with Crippen LogP contribution in [0, 0.1) is 11.3 Å². The van der Waals surface area contributed by atoms with Gasteiger partial charge in [-0.15, -0.1) is 0 Å². The minimum Gasteiger partial charge on any atom is -0.465 e. The monoisotopic (exact) mass is 545 g/mol. The van der Waals surface area contributed by atoms with E-state index in [4.69, 9.17) is 14.7 Å². The number of hydrogen-bond acceptors (Lipinski definition) is 8. The zero-order valence-corrected chi connectivity index (χ0v) is 23.3. The SMILES string of the molecule is CN1CCC[C@H]1COc1nc2c(c(N3CCN(C(=O)O)[C@@H](CC#N)C3)n1)CCC(N1CCc3ccccc3C1)C2. The summed E-state index contributed by atoms with van der Waals surface area (Å²) in [6, 6.07) is 11.7.